The zero-order chi connectivity index (χ0) is 22.0. The number of hydrogen-bond donors (Lipinski definition) is 1. The number of para-hydroxylation sites is 1. The molecule has 0 unspecified atom stereocenters. The van der Waals surface area contributed by atoms with Gasteiger partial charge in [0.15, 0.2) is 5.82 Å². The summed E-state index contributed by atoms with van der Waals surface area (Å²) in [6.07, 6.45) is 1.45. The van der Waals surface area contributed by atoms with E-state index < -0.39 is 4.92 Å². The molecule has 0 saturated carbocycles. The summed E-state index contributed by atoms with van der Waals surface area (Å²) < 4.78 is 6.69. The Bertz CT molecular complexity index is 1150. The molecule has 1 amide bonds. The van der Waals surface area contributed by atoms with Crippen LogP contribution in [0.2, 0.25) is 0 Å². The zero-order valence-electron chi connectivity index (χ0n) is 16.7. The van der Waals surface area contributed by atoms with E-state index in [0.29, 0.717) is 40.9 Å². The molecule has 160 valence electrons. The minimum absolute atomic E-state index is 0.0301. The van der Waals surface area contributed by atoms with E-state index in [1.807, 2.05) is 18.2 Å². The summed E-state index contributed by atoms with van der Waals surface area (Å²) in [5.74, 6) is 7.21. The summed E-state index contributed by atoms with van der Waals surface area (Å²) >= 11 is 1.18. The third-order valence-corrected chi connectivity index (χ3v) is 5.96. The van der Waals surface area contributed by atoms with Gasteiger partial charge in [0.05, 0.1) is 23.3 Å². The highest BCUT2D eigenvalue weighted by atomic mass is 32.2. The number of anilines is 1. The Kier molecular flexibility index (Phi) is 5.76. The van der Waals surface area contributed by atoms with Crippen LogP contribution in [0.4, 0.5) is 11.4 Å². The Morgan fingerprint density at radius 2 is 2.10 bits per heavy atom. The Morgan fingerprint density at radius 3 is 2.87 bits per heavy atom. The molecule has 31 heavy (non-hydrogen) atoms. The average molecular weight is 440 g/mol. The summed E-state index contributed by atoms with van der Waals surface area (Å²) in [6.45, 7) is 0.561. The molecule has 2 N–H and O–H groups in total. The maximum atomic E-state index is 12.9. The van der Waals surface area contributed by atoms with Crippen molar-refractivity contribution in [1.82, 2.24) is 14.9 Å². The van der Waals surface area contributed by atoms with Crippen LogP contribution in [0.25, 0.3) is 11.4 Å². The number of nitrogens with zero attached hydrogens (tertiary/aromatic N) is 5. The number of nitrogen functional groups attached to an aromatic ring is 1. The number of ether oxygens (including phenoxy) is 1. The first-order chi connectivity index (χ1) is 15.0. The lowest BCUT2D eigenvalue weighted by molar-refractivity contribution is -0.384. The number of fused-ring (bicyclic) bond motifs is 1. The number of benzene rings is 2. The van der Waals surface area contributed by atoms with Crippen LogP contribution in [-0.2, 0) is 11.2 Å². The summed E-state index contributed by atoms with van der Waals surface area (Å²) in [7, 11) is 1.56. The van der Waals surface area contributed by atoms with Gasteiger partial charge in [0, 0.05) is 24.4 Å². The number of rotatable bonds is 6. The van der Waals surface area contributed by atoms with Gasteiger partial charge in [-0.15, -0.1) is 10.2 Å². The third-order valence-electron chi connectivity index (χ3n) is 5.03. The molecule has 1 aromatic heterocycles. The summed E-state index contributed by atoms with van der Waals surface area (Å²) in [5.41, 5.74) is 2.25. The van der Waals surface area contributed by atoms with E-state index >= 15 is 0 Å². The Balaban J connectivity index is 1.49. The van der Waals surface area contributed by atoms with E-state index in [1.54, 1.807) is 24.1 Å². The van der Waals surface area contributed by atoms with Gasteiger partial charge in [0.2, 0.25) is 11.1 Å². The highest BCUT2D eigenvalue weighted by Gasteiger charge is 2.25. The number of amides is 1. The van der Waals surface area contributed by atoms with Gasteiger partial charge < -0.3 is 15.5 Å². The van der Waals surface area contributed by atoms with Crippen molar-refractivity contribution in [2.24, 2.45) is 0 Å². The molecule has 11 heteroatoms. The molecule has 0 fully saturated rings. The zero-order valence-corrected chi connectivity index (χ0v) is 17.5. The number of nitrogens with two attached hydrogens (primary N) is 1. The molecule has 0 bridgehead atoms. The van der Waals surface area contributed by atoms with Crippen molar-refractivity contribution in [3.8, 4) is 17.1 Å². The van der Waals surface area contributed by atoms with Crippen LogP contribution in [-0.4, -0.2) is 45.1 Å². The topological polar surface area (TPSA) is 129 Å². The summed E-state index contributed by atoms with van der Waals surface area (Å²) in [4.78, 5) is 25.2. The molecule has 1 aliphatic rings. The Morgan fingerprint density at radius 1 is 1.29 bits per heavy atom. The van der Waals surface area contributed by atoms with Gasteiger partial charge in [-0.1, -0.05) is 23.9 Å². The number of hydrogen-bond acceptors (Lipinski definition) is 8. The number of aryl methyl sites for hydroxylation is 1. The van der Waals surface area contributed by atoms with Crippen LogP contribution in [0.15, 0.2) is 47.6 Å². The number of nitro groups is 1. The second kappa shape index (κ2) is 8.64. The normalized spacial score (nSPS) is 13.0. The maximum Gasteiger partial charge on any atom is 0.269 e. The van der Waals surface area contributed by atoms with Crippen molar-refractivity contribution in [2.45, 2.75) is 18.0 Å². The van der Waals surface area contributed by atoms with E-state index in [0.717, 1.165) is 12.0 Å². The van der Waals surface area contributed by atoms with E-state index in [-0.39, 0.29) is 17.3 Å². The Hall–Kier alpha value is -3.60. The average Bonchev–Trinajstić information content (AvgIpc) is 3.16. The fraction of sp³-hybridized carbons (Fsp3) is 0.250. The molecule has 4 rings (SSSR count). The molecule has 0 saturated heterocycles. The summed E-state index contributed by atoms with van der Waals surface area (Å²) in [5, 5.41) is 19.7. The van der Waals surface area contributed by atoms with Gasteiger partial charge in [-0.25, -0.2) is 4.68 Å². The lowest BCUT2D eigenvalue weighted by atomic mass is 10.0. The van der Waals surface area contributed by atoms with Crippen LogP contribution in [0, 0.1) is 10.1 Å². The molecule has 2 heterocycles. The molecule has 10 nitrogen and oxygen atoms in total. The number of carbonyl (C=O) groups excluding carboxylic acids is 1. The van der Waals surface area contributed by atoms with Crippen LogP contribution in [0.3, 0.4) is 0 Å². The van der Waals surface area contributed by atoms with Crippen LogP contribution in [0.5, 0.6) is 5.75 Å². The molecule has 0 radical (unpaired) electrons. The highest BCUT2D eigenvalue weighted by Crippen LogP contribution is 2.32. The van der Waals surface area contributed by atoms with Crippen LogP contribution < -0.4 is 15.5 Å². The standard InChI is InChI=1S/C20H20N6O4S/c1-30-17-7-3-2-6-15(17)19-22-23-20(25(19)21)31-12-18(27)24-10-4-5-13-11-14(26(28)29)8-9-16(13)24/h2-3,6-9,11H,4-5,10,12,21H2,1H3. The van der Waals surface area contributed by atoms with Crippen molar-refractivity contribution in [3.05, 3.63) is 58.1 Å². The number of thioether (sulfide) groups is 1. The van der Waals surface area contributed by atoms with E-state index in [9.17, 15) is 14.9 Å². The van der Waals surface area contributed by atoms with E-state index in [2.05, 4.69) is 10.2 Å². The number of non-ortho nitro benzene ring substituents is 1. The molecular formula is C20H20N6O4S. The molecule has 2 aromatic carbocycles. The van der Waals surface area contributed by atoms with Crippen molar-refractivity contribution in [1.29, 1.82) is 0 Å². The first-order valence-corrected chi connectivity index (χ1v) is 10.5. The third kappa shape index (κ3) is 4.04. The van der Waals surface area contributed by atoms with Crippen molar-refractivity contribution >= 4 is 29.0 Å². The van der Waals surface area contributed by atoms with Crippen molar-refractivity contribution in [3.63, 3.8) is 0 Å². The monoisotopic (exact) mass is 440 g/mol. The first kappa shape index (κ1) is 20.7. The lowest BCUT2D eigenvalue weighted by Crippen LogP contribution is -2.36. The van der Waals surface area contributed by atoms with Crippen molar-refractivity contribution in [2.75, 3.05) is 30.1 Å². The molecule has 0 aliphatic carbocycles. The molecule has 3 aromatic rings. The molecule has 0 atom stereocenters. The predicted octanol–water partition coefficient (Wildman–Crippen LogP) is 2.65. The number of methoxy groups -OCH3 is 1. The fourth-order valence-corrected chi connectivity index (χ4v) is 4.28. The molecule has 1 aliphatic heterocycles. The minimum atomic E-state index is -0.426. The highest BCUT2D eigenvalue weighted by molar-refractivity contribution is 7.99. The smallest absolute Gasteiger partial charge is 0.269 e. The molecular weight excluding hydrogens is 420 g/mol. The number of carbonyl (C=O) groups is 1. The lowest BCUT2D eigenvalue weighted by Gasteiger charge is -2.29. The SMILES string of the molecule is COc1ccccc1-c1nnc(SCC(=O)N2CCCc3cc([N+](=O)[O-])ccc32)n1N. The van der Waals surface area contributed by atoms with E-state index in [1.165, 1.54) is 28.6 Å². The van der Waals surface area contributed by atoms with Gasteiger partial charge in [0.25, 0.3) is 5.69 Å². The largest absolute Gasteiger partial charge is 0.496 e. The second-order valence-corrected chi connectivity index (χ2v) is 7.83. The maximum absolute atomic E-state index is 12.9. The van der Waals surface area contributed by atoms with Gasteiger partial charge in [-0.3, -0.25) is 14.9 Å². The van der Waals surface area contributed by atoms with Crippen molar-refractivity contribution < 1.29 is 14.5 Å². The quantitative estimate of drug-likeness (QED) is 0.268. The first-order valence-electron chi connectivity index (χ1n) is 9.54. The summed E-state index contributed by atoms with van der Waals surface area (Å²) in [6, 6.07) is 11.9. The second-order valence-electron chi connectivity index (χ2n) is 6.88. The fourth-order valence-electron chi connectivity index (χ4n) is 3.55. The minimum Gasteiger partial charge on any atom is -0.496 e. The Labute approximate surface area is 182 Å². The van der Waals surface area contributed by atoms with Gasteiger partial charge in [-0.2, -0.15) is 0 Å². The number of aromatic nitrogens is 3. The predicted molar refractivity (Wildman–Crippen MR) is 117 cm³/mol. The van der Waals surface area contributed by atoms with Crippen LogP contribution in [0.1, 0.15) is 12.0 Å². The van der Waals surface area contributed by atoms with Gasteiger partial charge in [0.1, 0.15) is 5.75 Å². The van der Waals surface area contributed by atoms with Gasteiger partial charge >= 0.3 is 0 Å². The van der Waals surface area contributed by atoms with E-state index in [4.69, 9.17) is 10.6 Å². The van der Waals surface area contributed by atoms with Crippen LogP contribution >= 0.6 is 11.8 Å². The van der Waals surface area contributed by atoms with Gasteiger partial charge in [-0.05, 0) is 36.6 Å². The number of nitro benzene ring substituents is 1. The molecule has 0 spiro atoms.